The zero-order valence-corrected chi connectivity index (χ0v) is 14.3. The van der Waals surface area contributed by atoms with Crippen molar-refractivity contribution in [3.05, 3.63) is 22.2 Å². The van der Waals surface area contributed by atoms with Gasteiger partial charge in [-0.25, -0.2) is 8.42 Å². The van der Waals surface area contributed by atoms with Crippen LogP contribution in [0.4, 0.5) is 5.69 Å². The van der Waals surface area contributed by atoms with E-state index in [1.54, 1.807) is 23.4 Å². The maximum atomic E-state index is 12.9. The van der Waals surface area contributed by atoms with Gasteiger partial charge in [-0.05, 0) is 49.8 Å². The highest BCUT2D eigenvalue weighted by molar-refractivity contribution is 9.10. The molecule has 2 N–H and O–H groups in total. The Kier molecular flexibility index (Phi) is 4.76. The van der Waals surface area contributed by atoms with Crippen LogP contribution in [0, 0.1) is 12.8 Å². The lowest BCUT2D eigenvalue weighted by Crippen LogP contribution is -2.34. The molecule has 0 amide bonds. The number of nitrogens with two attached hydrogens (primary N) is 1. The van der Waals surface area contributed by atoms with E-state index in [1.807, 2.05) is 6.92 Å². The maximum Gasteiger partial charge on any atom is 0.243 e. The standard InChI is InChI=1S/C14H21BrN2O2S/c1-3-6-17(9-11-4-5-11)20(18,19)14-8-12(15)7-13(16)10(14)2/h7-8,11H,3-6,9,16H2,1-2H3. The quantitative estimate of drug-likeness (QED) is 0.792. The smallest absolute Gasteiger partial charge is 0.243 e. The van der Waals surface area contributed by atoms with E-state index in [1.165, 1.54) is 0 Å². The van der Waals surface area contributed by atoms with Gasteiger partial charge in [0.2, 0.25) is 10.0 Å². The number of hydrogen-bond donors (Lipinski definition) is 1. The molecule has 0 atom stereocenters. The van der Waals surface area contributed by atoms with E-state index in [-0.39, 0.29) is 0 Å². The Balaban J connectivity index is 2.40. The second kappa shape index (κ2) is 6.03. The Morgan fingerprint density at radius 2 is 2.05 bits per heavy atom. The Labute approximate surface area is 129 Å². The van der Waals surface area contributed by atoms with E-state index in [4.69, 9.17) is 5.73 Å². The first-order valence-electron chi connectivity index (χ1n) is 6.92. The second-order valence-corrected chi connectivity index (χ2v) is 8.25. The van der Waals surface area contributed by atoms with Crippen molar-refractivity contribution in [2.24, 2.45) is 5.92 Å². The summed E-state index contributed by atoms with van der Waals surface area (Å²) in [6, 6.07) is 3.38. The predicted molar refractivity (Wildman–Crippen MR) is 85.1 cm³/mol. The summed E-state index contributed by atoms with van der Waals surface area (Å²) >= 11 is 3.33. The first-order valence-corrected chi connectivity index (χ1v) is 9.15. The molecule has 0 saturated heterocycles. The number of sulfonamides is 1. The molecule has 1 aromatic carbocycles. The van der Waals surface area contributed by atoms with Gasteiger partial charge in [0.25, 0.3) is 0 Å². The molecule has 1 fully saturated rings. The normalized spacial score (nSPS) is 15.8. The fourth-order valence-electron chi connectivity index (χ4n) is 2.23. The van der Waals surface area contributed by atoms with Crippen LogP contribution in [0.25, 0.3) is 0 Å². The van der Waals surface area contributed by atoms with Crippen molar-refractivity contribution in [1.82, 2.24) is 4.31 Å². The van der Waals surface area contributed by atoms with Crippen LogP contribution in [-0.4, -0.2) is 25.8 Å². The van der Waals surface area contributed by atoms with Crippen LogP contribution in [0.3, 0.4) is 0 Å². The first-order chi connectivity index (χ1) is 9.36. The molecule has 1 saturated carbocycles. The van der Waals surface area contributed by atoms with Crippen molar-refractivity contribution in [3.63, 3.8) is 0 Å². The van der Waals surface area contributed by atoms with Gasteiger partial charge in [0.15, 0.2) is 0 Å². The van der Waals surface area contributed by atoms with E-state index >= 15 is 0 Å². The molecule has 0 bridgehead atoms. The lowest BCUT2D eigenvalue weighted by molar-refractivity contribution is 0.395. The Morgan fingerprint density at radius 3 is 2.60 bits per heavy atom. The predicted octanol–water partition coefficient (Wildman–Crippen LogP) is 3.15. The van der Waals surface area contributed by atoms with Crippen molar-refractivity contribution < 1.29 is 8.42 Å². The molecule has 6 heteroatoms. The molecule has 1 aromatic rings. The molecular weight excluding hydrogens is 340 g/mol. The van der Waals surface area contributed by atoms with Crippen molar-refractivity contribution in [1.29, 1.82) is 0 Å². The van der Waals surface area contributed by atoms with E-state index < -0.39 is 10.0 Å². The first kappa shape index (κ1) is 15.8. The summed E-state index contributed by atoms with van der Waals surface area (Å²) in [5.41, 5.74) is 7.02. The fraction of sp³-hybridized carbons (Fsp3) is 0.571. The number of benzene rings is 1. The number of nitrogens with zero attached hydrogens (tertiary/aromatic N) is 1. The van der Waals surface area contributed by atoms with Crippen LogP contribution in [0.1, 0.15) is 31.7 Å². The maximum absolute atomic E-state index is 12.9. The minimum atomic E-state index is -3.47. The Bertz CT molecular complexity index is 597. The molecule has 0 aliphatic heterocycles. The van der Waals surface area contributed by atoms with Crippen molar-refractivity contribution in [2.75, 3.05) is 18.8 Å². The van der Waals surface area contributed by atoms with Gasteiger partial charge in [0.05, 0.1) is 4.90 Å². The zero-order chi connectivity index (χ0) is 14.9. The van der Waals surface area contributed by atoms with Gasteiger partial charge < -0.3 is 5.73 Å². The summed E-state index contributed by atoms with van der Waals surface area (Å²) in [6.45, 7) is 4.94. The SMILES string of the molecule is CCCN(CC1CC1)S(=O)(=O)c1cc(Br)cc(N)c1C. The largest absolute Gasteiger partial charge is 0.398 e. The average molecular weight is 361 g/mol. The zero-order valence-electron chi connectivity index (χ0n) is 11.9. The number of anilines is 1. The van der Waals surface area contributed by atoms with Gasteiger partial charge in [-0.15, -0.1) is 0 Å². The second-order valence-electron chi connectivity index (χ2n) is 5.42. The summed E-state index contributed by atoms with van der Waals surface area (Å²) < 4.78 is 28.0. The molecule has 1 aliphatic carbocycles. The van der Waals surface area contributed by atoms with Crippen LogP contribution in [0.2, 0.25) is 0 Å². The van der Waals surface area contributed by atoms with Crippen LogP contribution >= 0.6 is 15.9 Å². The fourth-order valence-corrected chi connectivity index (χ4v) is 4.74. The average Bonchev–Trinajstić information content (AvgIpc) is 3.17. The van der Waals surface area contributed by atoms with Crippen molar-refractivity contribution in [3.8, 4) is 0 Å². The molecule has 0 spiro atoms. The molecule has 112 valence electrons. The summed E-state index contributed by atoms with van der Waals surface area (Å²) in [5.74, 6) is 0.529. The molecule has 4 nitrogen and oxygen atoms in total. The molecule has 2 rings (SSSR count). The third-order valence-corrected chi connectivity index (χ3v) is 6.06. The van der Waals surface area contributed by atoms with Crippen molar-refractivity contribution in [2.45, 2.75) is 38.0 Å². The van der Waals surface area contributed by atoms with Gasteiger partial charge >= 0.3 is 0 Å². The number of hydrogen-bond acceptors (Lipinski definition) is 3. The number of rotatable bonds is 6. The van der Waals surface area contributed by atoms with E-state index in [0.717, 1.165) is 19.3 Å². The minimum Gasteiger partial charge on any atom is -0.398 e. The van der Waals surface area contributed by atoms with Gasteiger partial charge in [-0.3, -0.25) is 0 Å². The van der Waals surface area contributed by atoms with Gasteiger partial charge in [0, 0.05) is 23.2 Å². The van der Waals surface area contributed by atoms with Gasteiger partial charge in [-0.1, -0.05) is 22.9 Å². The highest BCUT2D eigenvalue weighted by Crippen LogP contribution is 2.33. The van der Waals surface area contributed by atoms with Gasteiger partial charge in [0.1, 0.15) is 0 Å². The van der Waals surface area contributed by atoms with E-state index in [9.17, 15) is 8.42 Å². The topological polar surface area (TPSA) is 63.4 Å². The number of halogens is 1. The van der Waals surface area contributed by atoms with Crippen LogP contribution in [0.15, 0.2) is 21.5 Å². The van der Waals surface area contributed by atoms with Gasteiger partial charge in [-0.2, -0.15) is 4.31 Å². The lowest BCUT2D eigenvalue weighted by atomic mass is 10.2. The monoisotopic (exact) mass is 360 g/mol. The van der Waals surface area contributed by atoms with E-state index in [2.05, 4.69) is 15.9 Å². The summed E-state index contributed by atoms with van der Waals surface area (Å²) in [4.78, 5) is 0.318. The van der Waals surface area contributed by atoms with Crippen LogP contribution in [-0.2, 0) is 10.0 Å². The third kappa shape index (κ3) is 3.35. The molecule has 0 heterocycles. The minimum absolute atomic E-state index is 0.318. The molecule has 1 aliphatic rings. The molecular formula is C14H21BrN2O2S. The molecule has 0 unspecified atom stereocenters. The highest BCUT2D eigenvalue weighted by Gasteiger charge is 2.32. The summed E-state index contributed by atoms with van der Waals surface area (Å²) in [5, 5.41) is 0. The van der Waals surface area contributed by atoms with Crippen molar-refractivity contribution >= 4 is 31.6 Å². The Morgan fingerprint density at radius 1 is 1.40 bits per heavy atom. The van der Waals surface area contributed by atoms with E-state index in [0.29, 0.717) is 39.6 Å². The van der Waals surface area contributed by atoms with Crippen LogP contribution in [0.5, 0.6) is 0 Å². The summed E-state index contributed by atoms with van der Waals surface area (Å²) in [6.07, 6.45) is 3.08. The highest BCUT2D eigenvalue weighted by atomic mass is 79.9. The molecule has 0 radical (unpaired) electrons. The molecule has 20 heavy (non-hydrogen) atoms. The molecule has 0 aromatic heterocycles. The Hall–Kier alpha value is -0.590. The third-order valence-electron chi connectivity index (χ3n) is 3.61. The number of nitrogen functional groups attached to an aromatic ring is 1. The lowest BCUT2D eigenvalue weighted by Gasteiger charge is -2.23. The summed E-state index contributed by atoms with van der Waals surface area (Å²) in [7, 11) is -3.47. The van der Waals surface area contributed by atoms with Crippen LogP contribution < -0.4 is 5.73 Å².